The lowest BCUT2D eigenvalue weighted by Crippen LogP contribution is -1.91. The highest BCUT2D eigenvalue weighted by Crippen LogP contribution is 2.36. The third kappa shape index (κ3) is 2.62. The Balaban J connectivity index is 2.33. The Kier molecular flexibility index (Phi) is 3.96. The fraction of sp³-hybridized carbons (Fsp3) is 0.167. The van der Waals surface area contributed by atoms with Crippen molar-refractivity contribution in [3.63, 3.8) is 0 Å². The van der Waals surface area contributed by atoms with Crippen LogP contribution in [-0.4, -0.2) is 0 Å². The number of aryl methyl sites for hydroxylation is 1. The molecule has 0 saturated heterocycles. The topological polar surface area (TPSA) is 0 Å². The van der Waals surface area contributed by atoms with E-state index in [1.54, 1.807) is 11.3 Å². The van der Waals surface area contributed by atoms with Gasteiger partial charge in [-0.1, -0.05) is 23.7 Å². The van der Waals surface area contributed by atoms with E-state index in [0.29, 0.717) is 0 Å². The lowest BCUT2D eigenvalue weighted by Gasteiger charge is -2.09. The fourth-order valence-electron chi connectivity index (χ4n) is 1.45. The number of alkyl halides is 1. The monoisotopic (exact) mass is 334 g/mol. The summed E-state index contributed by atoms with van der Waals surface area (Å²) in [6.07, 6.45) is 0. The molecule has 16 heavy (non-hydrogen) atoms. The maximum atomic E-state index is 6.42. The molecule has 2 aromatic rings. The minimum Gasteiger partial charge on any atom is -0.131 e. The smallest absolute Gasteiger partial charge is 0.0928 e. The van der Waals surface area contributed by atoms with Crippen LogP contribution in [0.2, 0.25) is 5.02 Å². The third-order valence-electron chi connectivity index (χ3n) is 2.32. The standard InChI is InChI=1S/C12H9BrCl2S/c1-7-6-8(2-3-9(7)14)12(15)10-4-5-11(13)16-10/h2-6,12H,1H3. The quantitative estimate of drug-likeness (QED) is 0.608. The minimum absolute atomic E-state index is 0.104. The van der Waals surface area contributed by atoms with Crippen LogP contribution in [0.25, 0.3) is 0 Å². The van der Waals surface area contributed by atoms with Crippen molar-refractivity contribution in [2.75, 3.05) is 0 Å². The first kappa shape index (κ1) is 12.4. The number of hydrogen-bond acceptors (Lipinski definition) is 1. The predicted octanol–water partition coefficient (Wildman–Crippen LogP) is 5.80. The van der Waals surface area contributed by atoms with Gasteiger partial charge in [0.1, 0.15) is 0 Å². The van der Waals surface area contributed by atoms with Crippen LogP contribution in [0.15, 0.2) is 34.1 Å². The normalized spacial score (nSPS) is 12.8. The van der Waals surface area contributed by atoms with Gasteiger partial charge in [0.15, 0.2) is 0 Å². The van der Waals surface area contributed by atoms with Gasteiger partial charge in [0.25, 0.3) is 0 Å². The molecule has 0 saturated carbocycles. The van der Waals surface area contributed by atoms with E-state index in [1.165, 1.54) is 0 Å². The van der Waals surface area contributed by atoms with Gasteiger partial charge in [-0.3, -0.25) is 0 Å². The lowest BCUT2D eigenvalue weighted by atomic mass is 10.1. The second-order valence-electron chi connectivity index (χ2n) is 3.51. The molecule has 0 amide bonds. The molecule has 1 aromatic carbocycles. The summed E-state index contributed by atoms with van der Waals surface area (Å²) in [4.78, 5) is 1.13. The Morgan fingerprint density at radius 2 is 2.00 bits per heavy atom. The Morgan fingerprint density at radius 3 is 2.56 bits per heavy atom. The van der Waals surface area contributed by atoms with E-state index >= 15 is 0 Å². The molecule has 0 aliphatic rings. The Hall–Kier alpha value is -0.0200. The van der Waals surface area contributed by atoms with E-state index < -0.39 is 0 Å². The highest BCUT2D eigenvalue weighted by molar-refractivity contribution is 9.11. The molecule has 84 valence electrons. The Labute approximate surface area is 117 Å². The minimum atomic E-state index is -0.104. The van der Waals surface area contributed by atoms with Crippen LogP contribution in [0.5, 0.6) is 0 Å². The number of benzene rings is 1. The highest BCUT2D eigenvalue weighted by Gasteiger charge is 2.13. The van der Waals surface area contributed by atoms with Crippen molar-refractivity contribution in [2.24, 2.45) is 0 Å². The van der Waals surface area contributed by atoms with Gasteiger partial charge in [-0.05, 0) is 52.2 Å². The van der Waals surface area contributed by atoms with Crippen molar-refractivity contribution >= 4 is 50.5 Å². The SMILES string of the molecule is Cc1cc(C(Cl)c2ccc(Br)s2)ccc1Cl. The van der Waals surface area contributed by atoms with Crippen LogP contribution in [0, 0.1) is 6.92 Å². The van der Waals surface area contributed by atoms with E-state index in [1.807, 2.05) is 37.3 Å². The summed E-state index contributed by atoms with van der Waals surface area (Å²) in [6.45, 7) is 1.99. The molecule has 0 N–H and O–H groups in total. The molecule has 2 rings (SSSR count). The first-order valence-electron chi connectivity index (χ1n) is 4.73. The van der Waals surface area contributed by atoms with Crippen molar-refractivity contribution in [1.82, 2.24) is 0 Å². The van der Waals surface area contributed by atoms with Gasteiger partial charge in [-0.2, -0.15) is 0 Å². The Bertz CT molecular complexity index is 507. The maximum absolute atomic E-state index is 6.42. The van der Waals surface area contributed by atoms with Gasteiger partial charge >= 0.3 is 0 Å². The highest BCUT2D eigenvalue weighted by atomic mass is 79.9. The van der Waals surface area contributed by atoms with Gasteiger partial charge in [-0.25, -0.2) is 0 Å². The number of rotatable bonds is 2. The molecule has 1 aromatic heterocycles. The summed E-state index contributed by atoms with van der Waals surface area (Å²) in [5.74, 6) is 0. The van der Waals surface area contributed by atoms with Gasteiger partial charge in [-0.15, -0.1) is 22.9 Å². The van der Waals surface area contributed by atoms with Crippen LogP contribution in [0.1, 0.15) is 21.4 Å². The zero-order chi connectivity index (χ0) is 11.7. The zero-order valence-corrected chi connectivity index (χ0v) is 12.4. The van der Waals surface area contributed by atoms with Gasteiger partial charge in [0, 0.05) is 9.90 Å². The molecule has 1 atom stereocenters. The molecule has 1 heterocycles. The summed E-state index contributed by atoms with van der Waals surface area (Å²) >= 11 is 17.5. The van der Waals surface area contributed by atoms with Crippen molar-refractivity contribution in [2.45, 2.75) is 12.3 Å². The number of hydrogen-bond donors (Lipinski definition) is 0. The molecule has 0 aliphatic heterocycles. The van der Waals surface area contributed by atoms with Crippen molar-refractivity contribution in [1.29, 1.82) is 0 Å². The van der Waals surface area contributed by atoms with E-state index in [-0.39, 0.29) is 5.38 Å². The van der Waals surface area contributed by atoms with E-state index in [2.05, 4.69) is 15.9 Å². The summed E-state index contributed by atoms with van der Waals surface area (Å²) < 4.78 is 1.10. The Morgan fingerprint density at radius 1 is 1.25 bits per heavy atom. The molecule has 1 unspecified atom stereocenters. The largest absolute Gasteiger partial charge is 0.131 e. The summed E-state index contributed by atoms with van der Waals surface area (Å²) in [5, 5.41) is 0.673. The average molecular weight is 336 g/mol. The van der Waals surface area contributed by atoms with Crippen molar-refractivity contribution in [3.05, 3.63) is 55.1 Å². The lowest BCUT2D eigenvalue weighted by molar-refractivity contribution is 1.17. The zero-order valence-electron chi connectivity index (χ0n) is 8.51. The van der Waals surface area contributed by atoms with E-state index in [9.17, 15) is 0 Å². The number of halogens is 3. The molecular weight excluding hydrogens is 327 g/mol. The van der Waals surface area contributed by atoms with Crippen LogP contribution < -0.4 is 0 Å². The average Bonchev–Trinajstić information content (AvgIpc) is 2.68. The van der Waals surface area contributed by atoms with Crippen molar-refractivity contribution in [3.8, 4) is 0 Å². The second-order valence-corrected chi connectivity index (χ2v) is 6.85. The second kappa shape index (κ2) is 5.09. The first-order valence-corrected chi connectivity index (χ1v) is 7.15. The van der Waals surface area contributed by atoms with Gasteiger partial charge in [0.2, 0.25) is 0 Å². The molecule has 0 spiro atoms. The molecular formula is C12H9BrCl2S. The fourth-order valence-corrected chi connectivity index (χ4v) is 3.34. The van der Waals surface area contributed by atoms with Crippen LogP contribution in [0.4, 0.5) is 0 Å². The molecule has 0 radical (unpaired) electrons. The molecule has 0 bridgehead atoms. The van der Waals surface area contributed by atoms with Crippen LogP contribution >= 0.6 is 50.5 Å². The predicted molar refractivity (Wildman–Crippen MR) is 75.9 cm³/mol. The van der Waals surface area contributed by atoms with Crippen LogP contribution in [0.3, 0.4) is 0 Å². The molecule has 4 heteroatoms. The summed E-state index contributed by atoms with van der Waals surface area (Å²) in [6, 6.07) is 9.95. The van der Waals surface area contributed by atoms with E-state index in [0.717, 1.165) is 24.8 Å². The maximum Gasteiger partial charge on any atom is 0.0928 e. The first-order chi connectivity index (χ1) is 7.58. The molecule has 0 aliphatic carbocycles. The van der Waals surface area contributed by atoms with Crippen molar-refractivity contribution < 1.29 is 0 Å². The molecule has 0 fully saturated rings. The van der Waals surface area contributed by atoms with Gasteiger partial charge in [0.05, 0.1) is 9.16 Å². The molecule has 0 nitrogen and oxygen atoms in total. The van der Waals surface area contributed by atoms with Gasteiger partial charge < -0.3 is 0 Å². The van der Waals surface area contributed by atoms with E-state index in [4.69, 9.17) is 23.2 Å². The third-order valence-corrected chi connectivity index (χ3v) is 5.05. The number of thiophene rings is 1. The van der Waals surface area contributed by atoms with Crippen LogP contribution in [-0.2, 0) is 0 Å². The summed E-state index contributed by atoms with van der Waals surface area (Å²) in [7, 11) is 0. The summed E-state index contributed by atoms with van der Waals surface area (Å²) in [5.41, 5.74) is 2.14.